The fourth-order valence-electron chi connectivity index (χ4n) is 0.955. The van der Waals surface area contributed by atoms with Crippen molar-refractivity contribution >= 4 is 16.8 Å². The summed E-state index contributed by atoms with van der Waals surface area (Å²) in [6.07, 6.45) is 0.891. The number of benzene rings is 1. The molecule has 0 aliphatic heterocycles. The Bertz CT molecular complexity index is 284. The van der Waals surface area contributed by atoms with Gasteiger partial charge in [-0.2, -0.15) is 0 Å². The Hall–Kier alpha value is -1.02. The molecular formula is C9H9ClO2. The van der Waals surface area contributed by atoms with Crippen LogP contribution in [-0.2, 0) is 11.2 Å². The largest absolute Gasteiger partial charge is 0.508 e. The summed E-state index contributed by atoms with van der Waals surface area (Å²) < 4.78 is 0. The van der Waals surface area contributed by atoms with Gasteiger partial charge >= 0.3 is 0 Å². The lowest BCUT2D eigenvalue weighted by atomic mass is 10.1. The molecule has 0 unspecified atom stereocenters. The van der Waals surface area contributed by atoms with Gasteiger partial charge in [-0.3, -0.25) is 4.79 Å². The molecule has 0 saturated heterocycles. The van der Waals surface area contributed by atoms with Crippen LogP contribution < -0.4 is 0 Å². The highest BCUT2D eigenvalue weighted by molar-refractivity contribution is 6.63. The summed E-state index contributed by atoms with van der Waals surface area (Å²) in [4.78, 5) is 10.4. The van der Waals surface area contributed by atoms with Crippen LogP contribution in [0.25, 0.3) is 0 Å². The second-order valence-electron chi connectivity index (χ2n) is 2.53. The molecule has 1 N–H and O–H groups in total. The molecule has 0 aromatic heterocycles. The number of aromatic hydroxyl groups is 1. The average Bonchev–Trinajstić information content (AvgIpc) is 2.01. The highest BCUT2D eigenvalue weighted by Crippen LogP contribution is 2.12. The van der Waals surface area contributed by atoms with E-state index >= 15 is 0 Å². The minimum atomic E-state index is -0.349. The van der Waals surface area contributed by atoms with Crippen molar-refractivity contribution in [1.82, 2.24) is 0 Å². The normalized spacial score (nSPS) is 9.75. The van der Waals surface area contributed by atoms with Crippen molar-refractivity contribution in [2.75, 3.05) is 0 Å². The summed E-state index contributed by atoms with van der Waals surface area (Å²) in [7, 11) is 0. The number of halogens is 1. The number of aryl methyl sites for hydroxylation is 1. The van der Waals surface area contributed by atoms with E-state index in [1.807, 2.05) is 6.07 Å². The number of phenols is 1. The summed E-state index contributed by atoms with van der Waals surface area (Å²) in [6, 6.07) is 6.80. The van der Waals surface area contributed by atoms with E-state index in [9.17, 15) is 4.79 Å². The Kier molecular flexibility index (Phi) is 3.11. The second kappa shape index (κ2) is 4.12. The molecule has 0 saturated carbocycles. The fourth-order valence-corrected chi connectivity index (χ4v) is 1.05. The number of hydrogen-bond acceptors (Lipinski definition) is 2. The zero-order valence-corrected chi connectivity index (χ0v) is 7.21. The second-order valence-corrected chi connectivity index (χ2v) is 2.95. The van der Waals surface area contributed by atoms with E-state index in [1.165, 1.54) is 0 Å². The summed E-state index contributed by atoms with van der Waals surface area (Å²) in [5.41, 5.74) is 0.920. The van der Waals surface area contributed by atoms with Gasteiger partial charge in [-0.15, -0.1) is 0 Å². The van der Waals surface area contributed by atoms with Gasteiger partial charge in [0.15, 0.2) is 0 Å². The maximum atomic E-state index is 10.4. The Labute approximate surface area is 75.8 Å². The van der Waals surface area contributed by atoms with E-state index < -0.39 is 0 Å². The number of phenolic OH excluding ortho intramolecular Hbond substituents is 1. The molecule has 1 aromatic rings. The van der Waals surface area contributed by atoms with Crippen LogP contribution in [0.1, 0.15) is 12.0 Å². The van der Waals surface area contributed by atoms with E-state index in [0.717, 1.165) is 5.56 Å². The lowest BCUT2D eigenvalue weighted by Crippen LogP contribution is -1.90. The maximum Gasteiger partial charge on any atom is 0.221 e. The molecule has 0 bridgehead atoms. The first kappa shape index (κ1) is 9.07. The molecule has 0 amide bonds. The van der Waals surface area contributed by atoms with Gasteiger partial charge in [0.25, 0.3) is 0 Å². The Balaban J connectivity index is 2.57. The quantitative estimate of drug-likeness (QED) is 0.731. The molecule has 0 radical (unpaired) electrons. The van der Waals surface area contributed by atoms with Gasteiger partial charge in [-0.25, -0.2) is 0 Å². The molecule has 1 aromatic carbocycles. The maximum absolute atomic E-state index is 10.4. The first-order chi connectivity index (χ1) is 5.68. The highest BCUT2D eigenvalue weighted by atomic mass is 35.5. The SMILES string of the molecule is O=C(Cl)CCc1cccc(O)c1. The van der Waals surface area contributed by atoms with E-state index in [4.69, 9.17) is 16.7 Å². The van der Waals surface area contributed by atoms with Gasteiger partial charge in [0.1, 0.15) is 5.75 Å². The van der Waals surface area contributed by atoms with Crippen molar-refractivity contribution < 1.29 is 9.90 Å². The molecule has 2 nitrogen and oxygen atoms in total. The van der Waals surface area contributed by atoms with Crippen LogP contribution >= 0.6 is 11.6 Å². The van der Waals surface area contributed by atoms with Crippen LogP contribution in [0, 0.1) is 0 Å². The lowest BCUT2D eigenvalue weighted by Gasteiger charge is -1.98. The van der Waals surface area contributed by atoms with Gasteiger partial charge in [-0.1, -0.05) is 12.1 Å². The third kappa shape index (κ3) is 2.93. The Morgan fingerprint density at radius 3 is 2.83 bits per heavy atom. The van der Waals surface area contributed by atoms with Crippen LogP contribution in [0.5, 0.6) is 5.75 Å². The summed E-state index contributed by atoms with van der Waals surface area (Å²) >= 11 is 5.17. The van der Waals surface area contributed by atoms with Crippen molar-refractivity contribution in [3.63, 3.8) is 0 Å². The van der Waals surface area contributed by atoms with E-state index in [-0.39, 0.29) is 11.0 Å². The molecule has 0 aliphatic carbocycles. The minimum absolute atomic E-state index is 0.217. The van der Waals surface area contributed by atoms with Gasteiger partial charge in [0.2, 0.25) is 5.24 Å². The first-order valence-electron chi connectivity index (χ1n) is 3.65. The molecule has 12 heavy (non-hydrogen) atoms. The number of rotatable bonds is 3. The van der Waals surface area contributed by atoms with Crippen LogP contribution in [0.3, 0.4) is 0 Å². The summed E-state index contributed by atoms with van der Waals surface area (Å²) in [5, 5.41) is 8.71. The monoisotopic (exact) mass is 184 g/mol. The molecule has 0 aliphatic rings. The standard InChI is InChI=1S/C9H9ClO2/c10-9(12)5-4-7-2-1-3-8(11)6-7/h1-3,6,11H,4-5H2. The Morgan fingerprint density at radius 2 is 2.25 bits per heavy atom. The summed E-state index contributed by atoms with van der Waals surface area (Å²) in [6.45, 7) is 0. The molecule has 0 spiro atoms. The van der Waals surface area contributed by atoms with Crippen molar-refractivity contribution in [2.45, 2.75) is 12.8 Å². The number of hydrogen-bond donors (Lipinski definition) is 1. The third-order valence-corrected chi connectivity index (χ3v) is 1.71. The lowest BCUT2D eigenvalue weighted by molar-refractivity contribution is -0.111. The highest BCUT2D eigenvalue weighted by Gasteiger charge is 1.98. The van der Waals surface area contributed by atoms with Crippen molar-refractivity contribution in [2.24, 2.45) is 0 Å². The van der Waals surface area contributed by atoms with Crippen molar-refractivity contribution in [1.29, 1.82) is 0 Å². The van der Waals surface area contributed by atoms with Gasteiger partial charge in [0.05, 0.1) is 0 Å². The molecule has 0 atom stereocenters. The first-order valence-corrected chi connectivity index (χ1v) is 4.02. The van der Waals surface area contributed by atoms with Crippen LogP contribution in [0.2, 0.25) is 0 Å². The van der Waals surface area contributed by atoms with E-state index in [0.29, 0.717) is 12.8 Å². The third-order valence-electron chi connectivity index (χ3n) is 1.52. The van der Waals surface area contributed by atoms with Gasteiger partial charge in [-0.05, 0) is 35.7 Å². The topological polar surface area (TPSA) is 37.3 Å². The average molecular weight is 185 g/mol. The Morgan fingerprint density at radius 1 is 1.50 bits per heavy atom. The number of carbonyl (C=O) groups is 1. The van der Waals surface area contributed by atoms with Crippen LogP contribution in [0.4, 0.5) is 0 Å². The van der Waals surface area contributed by atoms with E-state index in [2.05, 4.69) is 0 Å². The zero-order valence-electron chi connectivity index (χ0n) is 6.46. The van der Waals surface area contributed by atoms with Gasteiger partial charge in [0, 0.05) is 6.42 Å². The zero-order chi connectivity index (χ0) is 8.97. The predicted octanol–water partition coefficient (Wildman–Crippen LogP) is 2.09. The van der Waals surface area contributed by atoms with E-state index in [1.54, 1.807) is 18.2 Å². The van der Waals surface area contributed by atoms with Gasteiger partial charge < -0.3 is 5.11 Å². The van der Waals surface area contributed by atoms with Crippen molar-refractivity contribution in [3.05, 3.63) is 29.8 Å². The minimum Gasteiger partial charge on any atom is -0.508 e. The predicted molar refractivity (Wildman–Crippen MR) is 47.3 cm³/mol. The molecule has 3 heteroatoms. The molecule has 1 rings (SSSR count). The smallest absolute Gasteiger partial charge is 0.221 e. The number of carbonyl (C=O) groups excluding carboxylic acids is 1. The van der Waals surface area contributed by atoms with Crippen molar-refractivity contribution in [3.8, 4) is 5.75 Å². The summed E-state index contributed by atoms with van der Waals surface area (Å²) in [5.74, 6) is 0.217. The van der Waals surface area contributed by atoms with Crippen LogP contribution in [-0.4, -0.2) is 10.3 Å². The fraction of sp³-hybridized carbons (Fsp3) is 0.222. The molecule has 64 valence electrons. The molecule has 0 fully saturated rings. The van der Waals surface area contributed by atoms with Crippen LogP contribution in [0.15, 0.2) is 24.3 Å². The molecule has 0 heterocycles. The molecular weight excluding hydrogens is 176 g/mol.